The van der Waals surface area contributed by atoms with E-state index in [0.29, 0.717) is 16.5 Å². The van der Waals surface area contributed by atoms with E-state index >= 15 is 0 Å². The van der Waals surface area contributed by atoms with Gasteiger partial charge in [0.1, 0.15) is 17.0 Å². The second-order valence-corrected chi connectivity index (χ2v) is 7.05. The number of halogens is 1. The fourth-order valence-corrected chi connectivity index (χ4v) is 3.90. The molecule has 27 heavy (non-hydrogen) atoms. The van der Waals surface area contributed by atoms with Crippen LogP contribution in [0.15, 0.2) is 54.2 Å². The molecule has 0 atom stereocenters. The van der Waals surface area contributed by atoms with Gasteiger partial charge in [-0.1, -0.05) is 23.7 Å². The van der Waals surface area contributed by atoms with Crippen LogP contribution in [0.4, 0.5) is 11.5 Å². The first kappa shape index (κ1) is 17.6. The molecule has 0 fully saturated rings. The third-order valence-corrected chi connectivity index (χ3v) is 5.31. The van der Waals surface area contributed by atoms with Gasteiger partial charge in [-0.2, -0.15) is 0 Å². The summed E-state index contributed by atoms with van der Waals surface area (Å²) in [6, 6.07) is 13.4. The molecular weight excluding hydrogens is 382 g/mol. The minimum absolute atomic E-state index is 0.649. The van der Waals surface area contributed by atoms with Gasteiger partial charge < -0.3 is 14.8 Å². The lowest BCUT2D eigenvalue weighted by Crippen LogP contribution is -1.97. The number of anilines is 2. The number of hydrogen-bond donors (Lipinski definition) is 1. The summed E-state index contributed by atoms with van der Waals surface area (Å²) in [6.07, 6.45) is 1.56. The summed E-state index contributed by atoms with van der Waals surface area (Å²) in [5.41, 5.74) is 2.98. The Labute approximate surface area is 165 Å². The lowest BCUT2D eigenvalue weighted by molar-refractivity contribution is 0.355. The van der Waals surface area contributed by atoms with Gasteiger partial charge in [-0.15, -0.1) is 11.3 Å². The standard InChI is InChI=1S/C20H16ClN3O2S/c1-25-16-8-7-14(9-17(16)26-2)24-19-18-15(10-27-20(18)23-11-22-19)12-3-5-13(21)6-4-12/h3-11H,1-2H3,(H,22,23,24). The number of benzene rings is 2. The molecule has 0 amide bonds. The smallest absolute Gasteiger partial charge is 0.162 e. The molecule has 0 aliphatic heterocycles. The molecular formula is C20H16ClN3O2S. The van der Waals surface area contributed by atoms with Crippen molar-refractivity contribution in [2.45, 2.75) is 0 Å². The third-order valence-electron chi connectivity index (χ3n) is 4.17. The average Bonchev–Trinajstić information content (AvgIpc) is 3.13. The van der Waals surface area contributed by atoms with Crippen molar-refractivity contribution in [3.63, 3.8) is 0 Å². The van der Waals surface area contributed by atoms with Crippen molar-refractivity contribution >= 4 is 44.7 Å². The van der Waals surface area contributed by atoms with Crippen LogP contribution in [0.25, 0.3) is 21.3 Å². The minimum Gasteiger partial charge on any atom is -0.493 e. The average molecular weight is 398 g/mol. The van der Waals surface area contributed by atoms with Crippen molar-refractivity contribution in [1.82, 2.24) is 9.97 Å². The molecule has 0 saturated heterocycles. The molecule has 0 aliphatic rings. The number of ether oxygens (including phenoxy) is 2. The Bertz CT molecular complexity index is 1100. The monoisotopic (exact) mass is 397 g/mol. The maximum atomic E-state index is 6.03. The van der Waals surface area contributed by atoms with E-state index in [4.69, 9.17) is 21.1 Å². The number of nitrogens with one attached hydrogen (secondary N) is 1. The SMILES string of the molecule is COc1ccc(Nc2ncnc3scc(-c4ccc(Cl)cc4)c23)cc1OC. The number of thiophene rings is 1. The van der Waals surface area contributed by atoms with E-state index in [-0.39, 0.29) is 0 Å². The molecule has 0 radical (unpaired) electrons. The van der Waals surface area contributed by atoms with E-state index in [1.54, 1.807) is 31.9 Å². The predicted octanol–water partition coefficient (Wildman–Crippen LogP) is 5.77. The summed E-state index contributed by atoms with van der Waals surface area (Å²) in [7, 11) is 3.23. The molecule has 0 bridgehead atoms. The second kappa shape index (κ2) is 7.42. The molecule has 1 N–H and O–H groups in total. The van der Waals surface area contributed by atoms with Crippen molar-refractivity contribution in [2.75, 3.05) is 19.5 Å². The number of methoxy groups -OCH3 is 2. The molecule has 0 unspecified atom stereocenters. The summed E-state index contributed by atoms with van der Waals surface area (Å²) >= 11 is 7.61. The number of hydrogen-bond acceptors (Lipinski definition) is 6. The zero-order valence-corrected chi connectivity index (χ0v) is 16.3. The highest BCUT2D eigenvalue weighted by Crippen LogP contribution is 2.38. The molecule has 4 rings (SSSR count). The summed E-state index contributed by atoms with van der Waals surface area (Å²) < 4.78 is 10.7. The quantitative estimate of drug-likeness (QED) is 0.463. The Hall–Kier alpha value is -2.83. The maximum Gasteiger partial charge on any atom is 0.162 e. The summed E-state index contributed by atoms with van der Waals surface area (Å²) in [6.45, 7) is 0. The largest absolute Gasteiger partial charge is 0.493 e. The molecule has 2 aromatic carbocycles. The molecule has 0 aliphatic carbocycles. The van der Waals surface area contributed by atoms with Crippen LogP contribution in [0.5, 0.6) is 11.5 Å². The number of aromatic nitrogens is 2. The zero-order chi connectivity index (χ0) is 18.8. The third kappa shape index (κ3) is 3.41. The lowest BCUT2D eigenvalue weighted by Gasteiger charge is -2.12. The van der Waals surface area contributed by atoms with Crippen molar-refractivity contribution in [2.24, 2.45) is 0 Å². The second-order valence-electron chi connectivity index (χ2n) is 5.75. The maximum absolute atomic E-state index is 6.03. The highest BCUT2D eigenvalue weighted by Gasteiger charge is 2.14. The van der Waals surface area contributed by atoms with E-state index in [1.165, 1.54) is 0 Å². The molecule has 2 aromatic heterocycles. The molecule has 5 nitrogen and oxygen atoms in total. The highest BCUT2D eigenvalue weighted by molar-refractivity contribution is 7.17. The van der Waals surface area contributed by atoms with Crippen LogP contribution in [0.3, 0.4) is 0 Å². The molecule has 136 valence electrons. The van der Waals surface area contributed by atoms with Gasteiger partial charge in [0.2, 0.25) is 0 Å². The minimum atomic E-state index is 0.649. The number of nitrogens with zero attached hydrogens (tertiary/aromatic N) is 2. The van der Waals surface area contributed by atoms with Gasteiger partial charge in [0, 0.05) is 27.7 Å². The molecule has 4 aromatic rings. The normalized spacial score (nSPS) is 10.8. The summed E-state index contributed by atoms with van der Waals surface area (Å²) in [5.74, 6) is 2.06. The first-order valence-corrected chi connectivity index (χ1v) is 9.42. The van der Waals surface area contributed by atoms with E-state index in [2.05, 4.69) is 20.7 Å². The Balaban J connectivity index is 1.78. The highest BCUT2D eigenvalue weighted by atomic mass is 35.5. The Morgan fingerprint density at radius 2 is 1.74 bits per heavy atom. The van der Waals surface area contributed by atoms with Crippen molar-refractivity contribution in [3.05, 3.63) is 59.2 Å². The van der Waals surface area contributed by atoms with Crippen LogP contribution in [0, 0.1) is 0 Å². The van der Waals surface area contributed by atoms with Crippen LogP contribution >= 0.6 is 22.9 Å². The van der Waals surface area contributed by atoms with Crippen molar-refractivity contribution in [1.29, 1.82) is 0 Å². The summed E-state index contributed by atoms with van der Waals surface area (Å²) in [5, 5.41) is 7.14. The van der Waals surface area contributed by atoms with Gasteiger partial charge in [-0.25, -0.2) is 9.97 Å². The van der Waals surface area contributed by atoms with E-state index in [0.717, 1.165) is 32.8 Å². The number of rotatable bonds is 5. The van der Waals surface area contributed by atoms with Crippen LogP contribution in [0.2, 0.25) is 5.02 Å². The van der Waals surface area contributed by atoms with Crippen molar-refractivity contribution in [3.8, 4) is 22.6 Å². The van der Waals surface area contributed by atoms with Crippen LogP contribution in [-0.4, -0.2) is 24.2 Å². The lowest BCUT2D eigenvalue weighted by atomic mass is 10.1. The van der Waals surface area contributed by atoms with Crippen LogP contribution < -0.4 is 14.8 Å². The van der Waals surface area contributed by atoms with Gasteiger partial charge >= 0.3 is 0 Å². The first-order chi connectivity index (χ1) is 13.2. The fourth-order valence-electron chi connectivity index (χ4n) is 2.86. The topological polar surface area (TPSA) is 56.3 Å². The first-order valence-electron chi connectivity index (χ1n) is 8.17. The Kier molecular flexibility index (Phi) is 4.83. The molecule has 7 heteroatoms. The fraction of sp³-hybridized carbons (Fsp3) is 0.100. The Morgan fingerprint density at radius 3 is 2.48 bits per heavy atom. The van der Waals surface area contributed by atoms with E-state index < -0.39 is 0 Å². The Morgan fingerprint density at radius 1 is 0.963 bits per heavy atom. The van der Waals surface area contributed by atoms with Gasteiger partial charge in [-0.05, 0) is 29.8 Å². The van der Waals surface area contributed by atoms with Crippen LogP contribution in [0.1, 0.15) is 0 Å². The van der Waals surface area contributed by atoms with E-state index in [1.807, 2.05) is 42.5 Å². The van der Waals surface area contributed by atoms with Gasteiger partial charge in [-0.3, -0.25) is 0 Å². The van der Waals surface area contributed by atoms with Crippen molar-refractivity contribution < 1.29 is 9.47 Å². The van der Waals surface area contributed by atoms with Crippen LogP contribution in [-0.2, 0) is 0 Å². The van der Waals surface area contributed by atoms with Gasteiger partial charge in [0.15, 0.2) is 11.5 Å². The summed E-state index contributed by atoms with van der Waals surface area (Å²) in [4.78, 5) is 9.78. The zero-order valence-electron chi connectivity index (χ0n) is 14.7. The number of fused-ring (bicyclic) bond motifs is 1. The van der Waals surface area contributed by atoms with Gasteiger partial charge in [0.25, 0.3) is 0 Å². The van der Waals surface area contributed by atoms with E-state index in [9.17, 15) is 0 Å². The molecule has 0 saturated carbocycles. The molecule has 0 spiro atoms. The predicted molar refractivity (Wildman–Crippen MR) is 111 cm³/mol. The molecule has 2 heterocycles. The van der Waals surface area contributed by atoms with Gasteiger partial charge in [0.05, 0.1) is 19.6 Å².